The number of nitrogens with one attached hydrogen (secondary N) is 1. The number of aliphatic hydroxyl groups excluding tert-OH is 1. The van der Waals surface area contributed by atoms with Crippen LogP contribution < -0.4 is 20.7 Å². The molecule has 2 unspecified atom stereocenters. The number of carbonyl (C=O) groups excluding carboxylic acids is 1. The van der Waals surface area contributed by atoms with Crippen LogP contribution in [-0.4, -0.2) is 87.0 Å². The molecule has 2 atom stereocenters. The number of ether oxygens (including phenoxy) is 1. The number of anilines is 4. The predicted molar refractivity (Wildman–Crippen MR) is 182 cm³/mol. The van der Waals surface area contributed by atoms with Crippen LogP contribution in [0, 0.1) is 0 Å². The van der Waals surface area contributed by atoms with E-state index in [1.54, 1.807) is 30.4 Å². The Balaban J connectivity index is 0.964. The molecule has 3 aliphatic heterocycles. The summed E-state index contributed by atoms with van der Waals surface area (Å²) in [5.74, 6) is 2.09. The molecule has 2 aliphatic carbocycles. The topological polar surface area (TPSA) is 121 Å². The average Bonchev–Trinajstić information content (AvgIpc) is 3.81. The van der Waals surface area contributed by atoms with Gasteiger partial charge in [0.1, 0.15) is 23.0 Å². The Morgan fingerprint density at radius 1 is 0.979 bits per heavy atom. The minimum Gasteiger partial charge on any atom is -0.392 e. The predicted octanol–water partition coefficient (Wildman–Crippen LogP) is 3.43. The molecule has 2 bridgehead atoms. The number of hydrogen-bond acceptors (Lipinski definition) is 9. The molecule has 5 aliphatic rings. The van der Waals surface area contributed by atoms with Crippen LogP contribution in [0.1, 0.15) is 58.4 Å². The number of amides is 1. The number of rotatable bonds is 7. The SMILES string of the molecule is Cn1cc(-c2ccnc(N3CCn4c(cc5c4C4CCC5C4)C3=O)c2CO)cc(Nc2ccc(N3CCN(C4COC4)CC3)cn2)c1=O. The monoisotopic (exact) mass is 648 g/mol. The molecule has 1 amide bonds. The fourth-order valence-electron chi connectivity index (χ4n) is 8.59. The number of aryl methyl sites for hydroxylation is 1. The number of nitrogens with zero attached hydrogens (tertiary/aromatic N) is 7. The zero-order valence-electron chi connectivity index (χ0n) is 27.1. The van der Waals surface area contributed by atoms with Crippen LogP contribution >= 0.6 is 0 Å². The molecule has 4 aromatic heterocycles. The van der Waals surface area contributed by atoms with Crippen molar-refractivity contribution in [2.24, 2.45) is 7.05 Å². The first-order valence-corrected chi connectivity index (χ1v) is 17.1. The van der Waals surface area contributed by atoms with E-state index in [2.05, 4.69) is 35.7 Å². The fraction of sp³-hybridized carbons (Fsp3) is 0.444. The molecule has 3 fully saturated rings. The first-order chi connectivity index (χ1) is 23.5. The lowest BCUT2D eigenvalue weighted by atomic mass is 9.98. The summed E-state index contributed by atoms with van der Waals surface area (Å²) in [4.78, 5) is 43.0. The van der Waals surface area contributed by atoms with Gasteiger partial charge in [0.05, 0.1) is 37.7 Å². The van der Waals surface area contributed by atoms with E-state index >= 15 is 0 Å². The molecule has 4 aromatic rings. The lowest BCUT2D eigenvalue weighted by Gasteiger charge is -2.43. The van der Waals surface area contributed by atoms with Crippen molar-refractivity contribution in [3.8, 4) is 11.1 Å². The van der Waals surface area contributed by atoms with Crippen LogP contribution in [0.25, 0.3) is 11.1 Å². The van der Waals surface area contributed by atoms with Crippen LogP contribution in [0.3, 0.4) is 0 Å². The van der Waals surface area contributed by atoms with Crippen molar-refractivity contribution in [2.75, 3.05) is 61.1 Å². The molecule has 12 nitrogen and oxygen atoms in total. The molecule has 248 valence electrons. The van der Waals surface area contributed by atoms with Crippen molar-refractivity contribution in [1.29, 1.82) is 0 Å². The van der Waals surface area contributed by atoms with E-state index in [0.717, 1.165) is 56.3 Å². The Hall–Kier alpha value is -4.52. The van der Waals surface area contributed by atoms with Crippen LogP contribution in [0.2, 0.25) is 0 Å². The maximum atomic E-state index is 13.9. The highest BCUT2D eigenvalue weighted by Crippen LogP contribution is 2.54. The largest absolute Gasteiger partial charge is 0.392 e. The van der Waals surface area contributed by atoms with Gasteiger partial charge < -0.3 is 29.2 Å². The summed E-state index contributed by atoms with van der Waals surface area (Å²) in [5, 5.41) is 13.9. The highest BCUT2D eigenvalue weighted by atomic mass is 16.5. The summed E-state index contributed by atoms with van der Waals surface area (Å²) < 4.78 is 9.11. The number of aromatic nitrogens is 4. The third-order valence-electron chi connectivity index (χ3n) is 11.2. The van der Waals surface area contributed by atoms with E-state index in [9.17, 15) is 14.7 Å². The first-order valence-electron chi connectivity index (χ1n) is 17.1. The van der Waals surface area contributed by atoms with E-state index < -0.39 is 0 Å². The molecule has 2 saturated heterocycles. The minimum atomic E-state index is -0.304. The van der Waals surface area contributed by atoms with Gasteiger partial charge in [0.15, 0.2) is 0 Å². The number of pyridine rings is 3. The third-order valence-corrected chi connectivity index (χ3v) is 11.2. The molecule has 1 saturated carbocycles. The summed E-state index contributed by atoms with van der Waals surface area (Å²) in [6.07, 6.45) is 8.91. The summed E-state index contributed by atoms with van der Waals surface area (Å²) in [7, 11) is 1.71. The highest BCUT2D eigenvalue weighted by Gasteiger charge is 2.43. The van der Waals surface area contributed by atoms with Crippen molar-refractivity contribution in [3.05, 3.63) is 81.8 Å². The standard InChI is InChI=1S/C36H40N8O4/c1-40-18-24(15-30(35(40)46)39-32-5-4-25(17-38-32)41-8-10-42(11-9-41)26-20-48-21-26)27-6-7-37-34(29(27)19-45)44-13-12-43-31(36(44)47)16-28-22-2-3-23(14-22)33(28)43/h4-7,15-18,22-23,26,45H,2-3,8-14,19-21H2,1H3,(H,38,39). The Bertz CT molecular complexity index is 1960. The quantitative estimate of drug-likeness (QED) is 0.311. The molecule has 2 N–H and O–H groups in total. The second-order valence-corrected chi connectivity index (χ2v) is 13.8. The van der Waals surface area contributed by atoms with Crippen molar-refractivity contribution in [1.82, 2.24) is 24.0 Å². The summed E-state index contributed by atoms with van der Waals surface area (Å²) >= 11 is 0. The molecule has 7 heterocycles. The Morgan fingerprint density at radius 2 is 1.81 bits per heavy atom. The molecule has 48 heavy (non-hydrogen) atoms. The van der Waals surface area contributed by atoms with Gasteiger partial charge in [0.25, 0.3) is 11.5 Å². The Kier molecular flexibility index (Phi) is 7.14. The zero-order valence-corrected chi connectivity index (χ0v) is 27.1. The fourth-order valence-corrected chi connectivity index (χ4v) is 8.59. The van der Waals surface area contributed by atoms with Gasteiger partial charge in [0.2, 0.25) is 0 Å². The van der Waals surface area contributed by atoms with Gasteiger partial charge in [0, 0.05) is 81.4 Å². The molecule has 0 spiro atoms. The van der Waals surface area contributed by atoms with Crippen LogP contribution in [0.5, 0.6) is 0 Å². The smallest absolute Gasteiger partial charge is 0.276 e. The molecular formula is C36H40N8O4. The lowest BCUT2D eigenvalue weighted by molar-refractivity contribution is -0.0660. The van der Waals surface area contributed by atoms with E-state index in [0.29, 0.717) is 59.4 Å². The number of piperazine rings is 1. The van der Waals surface area contributed by atoms with E-state index in [1.807, 2.05) is 24.4 Å². The highest BCUT2D eigenvalue weighted by molar-refractivity contribution is 6.06. The first kappa shape index (κ1) is 29.6. The number of fused-ring (bicyclic) bond motifs is 7. The molecular weight excluding hydrogens is 608 g/mol. The van der Waals surface area contributed by atoms with Crippen molar-refractivity contribution >= 4 is 28.9 Å². The van der Waals surface area contributed by atoms with Gasteiger partial charge in [-0.1, -0.05) is 0 Å². The van der Waals surface area contributed by atoms with Gasteiger partial charge in [-0.25, -0.2) is 9.97 Å². The Labute approximate surface area is 278 Å². The second-order valence-electron chi connectivity index (χ2n) is 13.8. The summed E-state index contributed by atoms with van der Waals surface area (Å²) in [6, 6.07) is 10.2. The third kappa shape index (κ3) is 4.76. The van der Waals surface area contributed by atoms with Gasteiger partial charge in [-0.2, -0.15) is 0 Å². The van der Waals surface area contributed by atoms with Gasteiger partial charge in [-0.3, -0.25) is 19.4 Å². The lowest BCUT2D eigenvalue weighted by Crippen LogP contribution is -2.56. The van der Waals surface area contributed by atoms with Crippen LogP contribution in [-0.2, 0) is 24.9 Å². The van der Waals surface area contributed by atoms with Gasteiger partial charge in [-0.05, 0) is 66.6 Å². The van der Waals surface area contributed by atoms with Crippen molar-refractivity contribution in [2.45, 2.75) is 50.3 Å². The van der Waals surface area contributed by atoms with Crippen molar-refractivity contribution < 1.29 is 14.6 Å². The van der Waals surface area contributed by atoms with Crippen molar-refractivity contribution in [3.63, 3.8) is 0 Å². The average molecular weight is 649 g/mol. The molecule has 12 heteroatoms. The maximum absolute atomic E-state index is 13.9. The van der Waals surface area contributed by atoms with E-state index in [4.69, 9.17) is 4.74 Å². The normalized spacial score (nSPS) is 22.2. The number of hydrogen-bond donors (Lipinski definition) is 2. The maximum Gasteiger partial charge on any atom is 0.276 e. The van der Waals surface area contributed by atoms with Crippen LogP contribution in [0.4, 0.5) is 23.0 Å². The van der Waals surface area contributed by atoms with Gasteiger partial charge >= 0.3 is 0 Å². The van der Waals surface area contributed by atoms with E-state index in [1.165, 1.54) is 35.1 Å². The molecule has 0 aromatic carbocycles. The van der Waals surface area contributed by atoms with Gasteiger partial charge in [-0.15, -0.1) is 0 Å². The zero-order chi connectivity index (χ0) is 32.5. The summed E-state index contributed by atoms with van der Waals surface area (Å²) in [6.45, 7) is 6.45. The Morgan fingerprint density at radius 3 is 2.56 bits per heavy atom. The van der Waals surface area contributed by atoms with E-state index in [-0.39, 0.29) is 18.1 Å². The second kappa shape index (κ2) is 11.6. The number of aliphatic hydroxyl groups is 1. The number of carbonyl (C=O) groups is 1. The van der Waals surface area contributed by atoms with Crippen LogP contribution in [0.15, 0.2) is 53.7 Å². The summed E-state index contributed by atoms with van der Waals surface area (Å²) in [5.41, 5.74) is 6.65. The molecule has 9 rings (SSSR count). The minimum absolute atomic E-state index is 0.0819. The molecule has 0 radical (unpaired) electrons.